The fourth-order valence-corrected chi connectivity index (χ4v) is 2.52. The third kappa shape index (κ3) is 3.75. The molecule has 2 aromatic rings. The predicted molar refractivity (Wildman–Crippen MR) is 86.1 cm³/mol. The van der Waals surface area contributed by atoms with Crippen molar-refractivity contribution in [3.05, 3.63) is 49.7 Å². The molecule has 2 rings (SSSR count). The Balaban J connectivity index is 2.21. The first-order chi connectivity index (χ1) is 11.2. The van der Waals surface area contributed by atoms with Gasteiger partial charge < -0.3 is 5.32 Å². The lowest BCUT2D eigenvalue weighted by Gasteiger charge is -2.08. The Bertz CT molecular complexity index is 808. The minimum atomic E-state index is -2.78. The number of nitro groups is 1. The van der Waals surface area contributed by atoms with Crippen molar-refractivity contribution >= 4 is 33.2 Å². The van der Waals surface area contributed by atoms with Crippen LogP contribution in [0.15, 0.2) is 22.7 Å². The number of halogens is 3. The van der Waals surface area contributed by atoms with Crippen LogP contribution in [-0.4, -0.2) is 20.6 Å². The monoisotopic (exact) mass is 402 g/mol. The molecule has 0 saturated carbocycles. The molecule has 7 nitrogen and oxygen atoms in total. The van der Waals surface area contributed by atoms with Gasteiger partial charge in [0.15, 0.2) is 0 Å². The molecule has 0 aliphatic heterocycles. The lowest BCUT2D eigenvalue weighted by molar-refractivity contribution is -0.384. The first-order valence-electron chi connectivity index (χ1n) is 6.76. The van der Waals surface area contributed by atoms with Gasteiger partial charge in [0, 0.05) is 6.07 Å². The molecule has 0 fully saturated rings. The highest BCUT2D eigenvalue weighted by molar-refractivity contribution is 9.10. The maximum absolute atomic E-state index is 12.8. The molecule has 24 heavy (non-hydrogen) atoms. The fourth-order valence-electron chi connectivity index (χ4n) is 2.07. The Morgan fingerprint density at radius 3 is 2.67 bits per heavy atom. The van der Waals surface area contributed by atoms with Crippen molar-refractivity contribution in [2.24, 2.45) is 0 Å². The molecule has 0 bridgehead atoms. The Morgan fingerprint density at radius 2 is 2.12 bits per heavy atom. The zero-order chi connectivity index (χ0) is 18.0. The van der Waals surface area contributed by atoms with Gasteiger partial charge in [-0.25, -0.2) is 8.78 Å². The summed E-state index contributed by atoms with van der Waals surface area (Å²) in [6.45, 7) is 2.88. The maximum atomic E-state index is 12.8. The number of anilines is 1. The van der Waals surface area contributed by atoms with Gasteiger partial charge in [0.25, 0.3) is 12.1 Å². The minimum Gasteiger partial charge on any atom is -0.319 e. The van der Waals surface area contributed by atoms with Crippen molar-refractivity contribution in [3.8, 4) is 0 Å². The SMILES string of the molecule is Cc1ccc(NC(=O)Cn2nc(C(F)F)c(Br)c2C)c([N+](=O)[O-])c1. The lowest BCUT2D eigenvalue weighted by Crippen LogP contribution is -2.21. The molecular formula is C14H13BrF2N4O3. The first-order valence-corrected chi connectivity index (χ1v) is 7.55. The van der Waals surface area contributed by atoms with E-state index in [1.165, 1.54) is 19.1 Å². The van der Waals surface area contributed by atoms with Gasteiger partial charge in [-0.2, -0.15) is 5.10 Å². The van der Waals surface area contributed by atoms with E-state index in [4.69, 9.17) is 0 Å². The Labute approximate surface area is 143 Å². The van der Waals surface area contributed by atoms with E-state index >= 15 is 0 Å². The number of rotatable bonds is 5. The second kappa shape index (κ2) is 7.04. The summed E-state index contributed by atoms with van der Waals surface area (Å²) in [6, 6.07) is 4.37. The number of hydrogen-bond acceptors (Lipinski definition) is 4. The highest BCUT2D eigenvalue weighted by atomic mass is 79.9. The number of nitrogens with one attached hydrogen (secondary N) is 1. The molecule has 0 saturated heterocycles. The topological polar surface area (TPSA) is 90.1 Å². The summed E-state index contributed by atoms with van der Waals surface area (Å²) in [5, 5.41) is 17.1. The molecule has 1 heterocycles. The van der Waals surface area contributed by atoms with Crippen LogP contribution in [0.2, 0.25) is 0 Å². The fraction of sp³-hybridized carbons (Fsp3) is 0.286. The van der Waals surface area contributed by atoms with Crippen LogP contribution in [0, 0.1) is 24.0 Å². The second-order valence-corrected chi connectivity index (χ2v) is 5.86. The van der Waals surface area contributed by atoms with Crippen LogP contribution in [-0.2, 0) is 11.3 Å². The van der Waals surface area contributed by atoms with Gasteiger partial charge in [-0.05, 0) is 41.4 Å². The molecule has 0 spiro atoms. The molecule has 1 aromatic carbocycles. The third-order valence-electron chi connectivity index (χ3n) is 3.28. The molecule has 0 atom stereocenters. The second-order valence-electron chi connectivity index (χ2n) is 5.07. The number of amides is 1. The summed E-state index contributed by atoms with van der Waals surface area (Å²) in [4.78, 5) is 22.5. The van der Waals surface area contributed by atoms with Crippen LogP contribution in [0.3, 0.4) is 0 Å². The number of carbonyl (C=O) groups is 1. The van der Waals surface area contributed by atoms with Crippen molar-refractivity contribution in [2.45, 2.75) is 26.8 Å². The number of nitrogens with zero attached hydrogens (tertiary/aromatic N) is 3. The van der Waals surface area contributed by atoms with E-state index < -0.39 is 22.9 Å². The summed E-state index contributed by atoms with van der Waals surface area (Å²) >= 11 is 3.01. The normalized spacial score (nSPS) is 10.9. The van der Waals surface area contributed by atoms with Crippen molar-refractivity contribution in [2.75, 3.05) is 5.32 Å². The summed E-state index contributed by atoms with van der Waals surface area (Å²) in [7, 11) is 0. The quantitative estimate of drug-likeness (QED) is 0.608. The highest BCUT2D eigenvalue weighted by Gasteiger charge is 2.22. The number of carbonyl (C=O) groups excluding carboxylic acids is 1. The van der Waals surface area contributed by atoms with E-state index in [-0.39, 0.29) is 22.4 Å². The number of benzene rings is 1. The zero-order valence-corrected chi connectivity index (χ0v) is 14.3. The average Bonchev–Trinajstić information content (AvgIpc) is 2.77. The summed E-state index contributed by atoms with van der Waals surface area (Å²) in [5.41, 5.74) is 0.372. The summed E-state index contributed by atoms with van der Waals surface area (Å²) in [5.74, 6) is -0.610. The van der Waals surface area contributed by atoms with Crippen LogP contribution in [0.25, 0.3) is 0 Å². The van der Waals surface area contributed by atoms with Crippen LogP contribution in [0.4, 0.5) is 20.2 Å². The lowest BCUT2D eigenvalue weighted by atomic mass is 10.2. The Morgan fingerprint density at radius 1 is 1.46 bits per heavy atom. The van der Waals surface area contributed by atoms with Crippen LogP contribution < -0.4 is 5.32 Å². The average molecular weight is 403 g/mol. The van der Waals surface area contributed by atoms with E-state index in [2.05, 4.69) is 26.3 Å². The van der Waals surface area contributed by atoms with Gasteiger partial charge in [0.2, 0.25) is 5.91 Å². The molecule has 1 N–H and O–H groups in total. The van der Waals surface area contributed by atoms with Crippen molar-refractivity contribution in [3.63, 3.8) is 0 Å². The van der Waals surface area contributed by atoms with Gasteiger partial charge in [-0.15, -0.1) is 0 Å². The molecule has 0 unspecified atom stereocenters. The van der Waals surface area contributed by atoms with Crippen LogP contribution >= 0.6 is 15.9 Å². The van der Waals surface area contributed by atoms with E-state index in [0.717, 1.165) is 4.68 Å². The number of hydrogen-bond donors (Lipinski definition) is 1. The van der Waals surface area contributed by atoms with Gasteiger partial charge in [-0.1, -0.05) is 6.07 Å². The van der Waals surface area contributed by atoms with Gasteiger partial charge in [0.1, 0.15) is 17.9 Å². The first kappa shape index (κ1) is 18.0. The van der Waals surface area contributed by atoms with E-state index in [1.54, 1.807) is 13.0 Å². The maximum Gasteiger partial charge on any atom is 0.293 e. The summed E-state index contributed by atoms with van der Waals surface area (Å²) < 4.78 is 26.9. The van der Waals surface area contributed by atoms with Crippen molar-refractivity contribution < 1.29 is 18.5 Å². The standard InChI is InChI=1S/C14H13BrF2N4O3/c1-7-3-4-9(10(5-7)21(23)24)18-11(22)6-20-8(2)12(15)13(19-20)14(16)17/h3-5,14H,6H2,1-2H3,(H,18,22). The molecular weight excluding hydrogens is 390 g/mol. The molecule has 128 valence electrons. The number of alkyl halides is 2. The van der Waals surface area contributed by atoms with Gasteiger partial charge in [0.05, 0.1) is 15.1 Å². The number of aromatic nitrogens is 2. The molecule has 0 radical (unpaired) electrons. The van der Waals surface area contributed by atoms with Crippen LogP contribution in [0.5, 0.6) is 0 Å². The zero-order valence-electron chi connectivity index (χ0n) is 12.7. The van der Waals surface area contributed by atoms with Crippen LogP contribution in [0.1, 0.15) is 23.4 Å². The Kier molecular flexibility index (Phi) is 5.27. The largest absolute Gasteiger partial charge is 0.319 e. The van der Waals surface area contributed by atoms with Crippen molar-refractivity contribution in [1.82, 2.24) is 9.78 Å². The minimum absolute atomic E-state index is 0.0357. The molecule has 0 aliphatic rings. The number of aryl methyl sites for hydroxylation is 1. The summed E-state index contributed by atoms with van der Waals surface area (Å²) in [6.07, 6.45) is -2.78. The molecule has 10 heteroatoms. The highest BCUT2D eigenvalue weighted by Crippen LogP contribution is 2.29. The smallest absolute Gasteiger partial charge is 0.293 e. The third-order valence-corrected chi connectivity index (χ3v) is 4.26. The molecule has 0 aliphatic carbocycles. The van der Waals surface area contributed by atoms with E-state index in [9.17, 15) is 23.7 Å². The van der Waals surface area contributed by atoms with E-state index in [1.807, 2.05) is 0 Å². The van der Waals surface area contributed by atoms with Crippen molar-refractivity contribution in [1.29, 1.82) is 0 Å². The number of nitro benzene ring substituents is 1. The Hall–Kier alpha value is -2.36. The van der Waals surface area contributed by atoms with Gasteiger partial charge in [-0.3, -0.25) is 19.6 Å². The van der Waals surface area contributed by atoms with E-state index in [0.29, 0.717) is 11.3 Å². The van der Waals surface area contributed by atoms with Gasteiger partial charge >= 0.3 is 0 Å². The molecule has 1 amide bonds. The molecule has 1 aromatic heterocycles. The predicted octanol–water partition coefficient (Wildman–Crippen LogP) is 3.75.